The average Bonchev–Trinajstić information content (AvgIpc) is 3.01. The maximum atomic E-state index is 13.5. The number of thioether (sulfide) groups is 1. The first-order valence-corrected chi connectivity index (χ1v) is 10.8. The molecule has 2 N–H and O–H groups in total. The number of carbonyl (C=O) groups excluding carboxylic acids is 1. The second-order valence-corrected chi connectivity index (χ2v) is 8.98. The highest BCUT2D eigenvalue weighted by molar-refractivity contribution is 7.99. The Bertz CT molecular complexity index is 1110. The number of benzene rings is 1. The Balaban J connectivity index is 1.99. The lowest BCUT2D eigenvalue weighted by Crippen LogP contribution is -2.23. The molecule has 27 heavy (non-hydrogen) atoms. The number of aromatic nitrogens is 2. The van der Waals surface area contributed by atoms with Crippen molar-refractivity contribution >= 4 is 39.2 Å². The van der Waals surface area contributed by atoms with Crippen LogP contribution in [0.4, 0.5) is 0 Å². The van der Waals surface area contributed by atoms with Gasteiger partial charge in [-0.05, 0) is 68.4 Å². The molecule has 0 saturated heterocycles. The van der Waals surface area contributed by atoms with E-state index in [2.05, 4.69) is 0 Å². The van der Waals surface area contributed by atoms with Gasteiger partial charge in [0.15, 0.2) is 5.16 Å². The van der Waals surface area contributed by atoms with Crippen LogP contribution >= 0.6 is 23.1 Å². The van der Waals surface area contributed by atoms with Gasteiger partial charge in [-0.3, -0.25) is 14.2 Å². The van der Waals surface area contributed by atoms with Gasteiger partial charge in [0.2, 0.25) is 5.91 Å². The van der Waals surface area contributed by atoms with E-state index in [0.29, 0.717) is 5.16 Å². The monoisotopic (exact) mass is 399 g/mol. The van der Waals surface area contributed by atoms with Crippen molar-refractivity contribution in [2.45, 2.75) is 44.7 Å². The Morgan fingerprint density at radius 1 is 1.26 bits per heavy atom. The minimum atomic E-state index is -0.425. The maximum absolute atomic E-state index is 13.5. The second kappa shape index (κ2) is 7.13. The number of carbonyl (C=O) groups is 1. The summed E-state index contributed by atoms with van der Waals surface area (Å²) < 4.78 is 1.64. The molecule has 2 heterocycles. The Labute approximate surface area is 165 Å². The number of rotatable bonds is 4. The number of amides is 1. The molecule has 1 aromatic carbocycles. The lowest BCUT2D eigenvalue weighted by Gasteiger charge is -2.14. The first kappa shape index (κ1) is 18.3. The molecule has 0 radical (unpaired) electrons. The fourth-order valence-corrected chi connectivity index (χ4v) is 5.57. The van der Waals surface area contributed by atoms with Gasteiger partial charge in [-0.2, -0.15) is 0 Å². The van der Waals surface area contributed by atoms with E-state index >= 15 is 0 Å². The lowest BCUT2D eigenvalue weighted by atomic mass is 9.97. The number of primary amides is 1. The molecule has 0 aliphatic heterocycles. The molecule has 0 spiro atoms. The quantitative estimate of drug-likeness (QED) is 0.538. The zero-order chi connectivity index (χ0) is 19.1. The molecular formula is C20H21N3O2S2. The van der Waals surface area contributed by atoms with Crippen molar-refractivity contribution in [2.75, 3.05) is 5.75 Å². The van der Waals surface area contributed by atoms with Gasteiger partial charge < -0.3 is 5.73 Å². The van der Waals surface area contributed by atoms with Crippen molar-refractivity contribution in [1.29, 1.82) is 0 Å². The highest BCUT2D eigenvalue weighted by atomic mass is 32.2. The predicted octanol–water partition coefficient (Wildman–Crippen LogP) is 3.52. The normalized spacial score (nSPS) is 13.7. The van der Waals surface area contributed by atoms with Crippen LogP contribution in [-0.4, -0.2) is 21.2 Å². The van der Waals surface area contributed by atoms with Gasteiger partial charge in [0.05, 0.1) is 16.8 Å². The van der Waals surface area contributed by atoms with Crippen LogP contribution in [0.25, 0.3) is 15.9 Å². The molecule has 0 bridgehead atoms. The highest BCUT2D eigenvalue weighted by Crippen LogP contribution is 2.35. The van der Waals surface area contributed by atoms with Gasteiger partial charge in [-0.15, -0.1) is 11.3 Å². The first-order valence-electron chi connectivity index (χ1n) is 9.01. The third kappa shape index (κ3) is 3.30. The van der Waals surface area contributed by atoms with Crippen LogP contribution < -0.4 is 11.3 Å². The van der Waals surface area contributed by atoms with Crippen molar-refractivity contribution in [2.24, 2.45) is 5.73 Å². The van der Waals surface area contributed by atoms with Crippen LogP contribution in [0.5, 0.6) is 0 Å². The summed E-state index contributed by atoms with van der Waals surface area (Å²) in [6.07, 6.45) is 4.23. The molecule has 1 amide bonds. The zero-order valence-electron chi connectivity index (χ0n) is 15.4. The van der Waals surface area contributed by atoms with E-state index in [-0.39, 0.29) is 11.3 Å². The number of thiophene rings is 1. The topological polar surface area (TPSA) is 78.0 Å². The summed E-state index contributed by atoms with van der Waals surface area (Å²) in [7, 11) is 0. The maximum Gasteiger partial charge on any atom is 0.267 e. The number of hydrogen-bond acceptors (Lipinski definition) is 5. The van der Waals surface area contributed by atoms with E-state index in [4.69, 9.17) is 10.7 Å². The largest absolute Gasteiger partial charge is 0.369 e. The molecule has 7 heteroatoms. The molecule has 0 fully saturated rings. The minimum Gasteiger partial charge on any atom is -0.369 e. The second-order valence-electron chi connectivity index (χ2n) is 6.95. The molecule has 2 aromatic heterocycles. The molecule has 0 atom stereocenters. The standard InChI is InChI=1S/C20H21N3O2S2/c1-11-7-8-13(9-12(11)2)23-19(25)17-14-5-3-4-6-15(14)27-18(17)22-20(23)26-10-16(21)24/h7-9H,3-6,10H2,1-2H3,(H2,21,24). The highest BCUT2D eigenvalue weighted by Gasteiger charge is 2.23. The Kier molecular flexibility index (Phi) is 4.82. The SMILES string of the molecule is Cc1ccc(-n2c(SCC(N)=O)nc3sc4c(c3c2=O)CCCC4)cc1C. The van der Waals surface area contributed by atoms with E-state index in [1.807, 2.05) is 32.0 Å². The predicted molar refractivity (Wildman–Crippen MR) is 111 cm³/mol. The number of fused-ring (bicyclic) bond motifs is 3. The van der Waals surface area contributed by atoms with E-state index in [9.17, 15) is 9.59 Å². The summed E-state index contributed by atoms with van der Waals surface area (Å²) in [6, 6.07) is 5.94. The number of nitrogens with zero attached hydrogens (tertiary/aromatic N) is 2. The van der Waals surface area contributed by atoms with E-state index in [0.717, 1.165) is 47.2 Å². The number of hydrogen-bond donors (Lipinski definition) is 1. The molecule has 5 nitrogen and oxygen atoms in total. The van der Waals surface area contributed by atoms with Crippen LogP contribution in [0, 0.1) is 13.8 Å². The first-order chi connectivity index (χ1) is 13.0. The van der Waals surface area contributed by atoms with Crippen molar-refractivity contribution in [3.8, 4) is 5.69 Å². The van der Waals surface area contributed by atoms with E-state index in [1.54, 1.807) is 15.9 Å². The summed E-state index contributed by atoms with van der Waals surface area (Å²) in [5, 5.41) is 1.27. The number of aryl methyl sites for hydroxylation is 4. The Morgan fingerprint density at radius 2 is 2.04 bits per heavy atom. The summed E-state index contributed by atoms with van der Waals surface area (Å²) in [5.41, 5.74) is 9.51. The summed E-state index contributed by atoms with van der Waals surface area (Å²) in [6.45, 7) is 4.07. The van der Waals surface area contributed by atoms with Gasteiger partial charge in [-0.25, -0.2) is 4.98 Å². The molecule has 3 aromatic rings. The van der Waals surface area contributed by atoms with Gasteiger partial charge >= 0.3 is 0 Å². The van der Waals surface area contributed by atoms with Gasteiger partial charge in [0.1, 0.15) is 4.83 Å². The Morgan fingerprint density at radius 3 is 2.78 bits per heavy atom. The zero-order valence-corrected chi connectivity index (χ0v) is 17.0. The van der Waals surface area contributed by atoms with Gasteiger partial charge in [-0.1, -0.05) is 17.8 Å². The fraction of sp³-hybridized carbons (Fsp3) is 0.350. The number of nitrogens with two attached hydrogens (primary N) is 1. The van der Waals surface area contributed by atoms with Crippen LogP contribution in [0.2, 0.25) is 0 Å². The molecule has 1 aliphatic rings. The van der Waals surface area contributed by atoms with Crippen LogP contribution in [0.15, 0.2) is 28.2 Å². The van der Waals surface area contributed by atoms with Crippen molar-refractivity contribution in [3.05, 3.63) is 50.1 Å². The summed E-state index contributed by atoms with van der Waals surface area (Å²) in [4.78, 5) is 31.7. The third-order valence-electron chi connectivity index (χ3n) is 5.05. The van der Waals surface area contributed by atoms with Gasteiger partial charge in [0.25, 0.3) is 5.56 Å². The lowest BCUT2D eigenvalue weighted by molar-refractivity contribution is -0.115. The summed E-state index contributed by atoms with van der Waals surface area (Å²) in [5.74, 6) is -0.333. The fourth-order valence-electron chi connectivity index (χ4n) is 3.51. The van der Waals surface area contributed by atoms with Gasteiger partial charge in [0, 0.05) is 4.88 Å². The molecule has 1 aliphatic carbocycles. The molecule has 4 rings (SSSR count). The molecular weight excluding hydrogens is 378 g/mol. The third-order valence-corrected chi connectivity index (χ3v) is 7.20. The molecule has 0 saturated carbocycles. The minimum absolute atomic E-state index is 0.0466. The van der Waals surface area contributed by atoms with E-state index < -0.39 is 5.91 Å². The Hall–Kier alpha value is -2.12. The van der Waals surface area contributed by atoms with Crippen molar-refractivity contribution in [3.63, 3.8) is 0 Å². The summed E-state index contributed by atoms with van der Waals surface area (Å²) >= 11 is 2.84. The molecule has 0 unspecified atom stereocenters. The van der Waals surface area contributed by atoms with Crippen molar-refractivity contribution in [1.82, 2.24) is 9.55 Å². The smallest absolute Gasteiger partial charge is 0.267 e. The van der Waals surface area contributed by atoms with Crippen molar-refractivity contribution < 1.29 is 4.79 Å². The van der Waals surface area contributed by atoms with Crippen LogP contribution in [0.1, 0.15) is 34.4 Å². The average molecular weight is 400 g/mol. The van der Waals surface area contributed by atoms with Crippen LogP contribution in [-0.2, 0) is 17.6 Å². The van der Waals surface area contributed by atoms with Crippen LogP contribution in [0.3, 0.4) is 0 Å². The molecule has 140 valence electrons. The van der Waals surface area contributed by atoms with E-state index in [1.165, 1.54) is 27.8 Å².